The summed E-state index contributed by atoms with van der Waals surface area (Å²) in [7, 11) is 4.26. The summed E-state index contributed by atoms with van der Waals surface area (Å²) >= 11 is 0. The van der Waals surface area contributed by atoms with Crippen molar-refractivity contribution in [3.63, 3.8) is 0 Å². The fourth-order valence-electron chi connectivity index (χ4n) is 2.93. The molecular weight excluding hydrogens is 226 g/mol. The molecule has 2 unspecified atom stereocenters. The predicted molar refractivity (Wildman–Crippen MR) is 76.8 cm³/mol. The minimum atomic E-state index is 0.0948. The van der Waals surface area contributed by atoms with Crippen LogP contribution in [0.25, 0.3) is 0 Å². The largest absolute Gasteiger partial charge is 0.381 e. The molecule has 4 heteroatoms. The molecule has 1 fully saturated rings. The maximum absolute atomic E-state index is 6.09. The van der Waals surface area contributed by atoms with Crippen molar-refractivity contribution in [1.82, 2.24) is 9.80 Å². The Morgan fingerprint density at radius 1 is 1.33 bits per heavy atom. The third-order valence-corrected chi connectivity index (χ3v) is 4.36. The number of nitrogens with two attached hydrogens (primary N) is 1. The predicted octanol–water partition coefficient (Wildman–Crippen LogP) is 1.01. The van der Waals surface area contributed by atoms with Gasteiger partial charge >= 0.3 is 0 Å². The SMILES string of the molecule is CCN(CCCN(C)C)C(C)(CN)C1CCOC1. The van der Waals surface area contributed by atoms with E-state index in [1.54, 1.807) is 0 Å². The molecule has 0 amide bonds. The van der Waals surface area contributed by atoms with E-state index < -0.39 is 0 Å². The van der Waals surface area contributed by atoms with Crippen molar-refractivity contribution in [3.8, 4) is 0 Å². The van der Waals surface area contributed by atoms with Gasteiger partial charge in [-0.05, 0) is 53.5 Å². The second-order valence-corrected chi connectivity index (χ2v) is 5.86. The number of hydrogen-bond acceptors (Lipinski definition) is 4. The van der Waals surface area contributed by atoms with E-state index in [-0.39, 0.29) is 5.54 Å². The molecule has 18 heavy (non-hydrogen) atoms. The fourth-order valence-corrected chi connectivity index (χ4v) is 2.93. The molecule has 108 valence electrons. The van der Waals surface area contributed by atoms with Crippen LogP contribution in [0.5, 0.6) is 0 Å². The molecule has 0 saturated carbocycles. The molecule has 1 rings (SSSR count). The lowest BCUT2D eigenvalue weighted by Gasteiger charge is -2.44. The van der Waals surface area contributed by atoms with E-state index in [4.69, 9.17) is 10.5 Å². The first-order chi connectivity index (χ1) is 8.54. The first kappa shape index (κ1) is 15.9. The van der Waals surface area contributed by atoms with Gasteiger partial charge in [-0.3, -0.25) is 4.90 Å². The quantitative estimate of drug-likeness (QED) is 0.705. The standard InChI is InChI=1S/C14H31N3O/c1-5-17(9-6-8-16(3)4)14(2,12-15)13-7-10-18-11-13/h13H,5-12,15H2,1-4H3. The molecule has 2 atom stereocenters. The van der Waals surface area contributed by atoms with Gasteiger partial charge in [0.15, 0.2) is 0 Å². The van der Waals surface area contributed by atoms with Gasteiger partial charge in [-0.2, -0.15) is 0 Å². The van der Waals surface area contributed by atoms with Crippen LogP contribution in [0.4, 0.5) is 0 Å². The Morgan fingerprint density at radius 2 is 2.06 bits per heavy atom. The molecule has 0 spiro atoms. The van der Waals surface area contributed by atoms with E-state index >= 15 is 0 Å². The van der Waals surface area contributed by atoms with Gasteiger partial charge < -0.3 is 15.4 Å². The molecule has 1 aliphatic heterocycles. The highest BCUT2D eigenvalue weighted by Gasteiger charge is 2.39. The summed E-state index contributed by atoms with van der Waals surface area (Å²) in [4.78, 5) is 4.79. The van der Waals surface area contributed by atoms with Crippen LogP contribution in [0.2, 0.25) is 0 Å². The van der Waals surface area contributed by atoms with E-state index in [1.165, 1.54) is 6.42 Å². The maximum atomic E-state index is 6.09. The van der Waals surface area contributed by atoms with Crippen LogP contribution in [0.1, 0.15) is 26.7 Å². The van der Waals surface area contributed by atoms with Gasteiger partial charge in [0, 0.05) is 24.6 Å². The van der Waals surface area contributed by atoms with Gasteiger partial charge in [0.05, 0.1) is 6.61 Å². The van der Waals surface area contributed by atoms with Gasteiger partial charge in [-0.25, -0.2) is 0 Å². The highest BCUT2D eigenvalue weighted by Crippen LogP contribution is 2.30. The Kier molecular flexibility index (Phi) is 6.57. The van der Waals surface area contributed by atoms with Crippen LogP contribution < -0.4 is 5.73 Å². The van der Waals surface area contributed by atoms with Crippen molar-refractivity contribution in [1.29, 1.82) is 0 Å². The number of rotatable bonds is 8. The molecule has 0 radical (unpaired) electrons. The third kappa shape index (κ3) is 3.92. The van der Waals surface area contributed by atoms with E-state index in [9.17, 15) is 0 Å². The minimum Gasteiger partial charge on any atom is -0.381 e. The Morgan fingerprint density at radius 3 is 2.50 bits per heavy atom. The Hall–Kier alpha value is -0.160. The smallest absolute Gasteiger partial charge is 0.0513 e. The second-order valence-electron chi connectivity index (χ2n) is 5.86. The van der Waals surface area contributed by atoms with Crippen LogP contribution in [0.3, 0.4) is 0 Å². The molecule has 0 aliphatic carbocycles. The highest BCUT2D eigenvalue weighted by atomic mass is 16.5. The van der Waals surface area contributed by atoms with Gasteiger partial charge in [-0.1, -0.05) is 6.92 Å². The zero-order chi connectivity index (χ0) is 13.6. The van der Waals surface area contributed by atoms with Crippen LogP contribution in [-0.2, 0) is 4.74 Å². The van der Waals surface area contributed by atoms with Crippen molar-refractivity contribution in [2.45, 2.75) is 32.2 Å². The Balaban J connectivity index is 2.57. The summed E-state index contributed by atoms with van der Waals surface area (Å²) < 4.78 is 5.55. The monoisotopic (exact) mass is 257 g/mol. The van der Waals surface area contributed by atoms with Gasteiger partial charge in [-0.15, -0.1) is 0 Å². The summed E-state index contributed by atoms with van der Waals surface area (Å²) in [5.74, 6) is 0.585. The lowest BCUT2D eigenvalue weighted by atomic mass is 9.83. The minimum absolute atomic E-state index is 0.0948. The number of hydrogen-bond donors (Lipinski definition) is 1. The first-order valence-electron chi connectivity index (χ1n) is 7.22. The van der Waals surface area contributed by atoms with Crippen LogP contribution in [0.15, 0.2) is 0 Å². The van der Waals surface area contributed by atoms with Gasteiger partial charge in [0.1, 0.15) is 0 Å². The molecule has 0 aromatic carbocycles. The molecular formula is C14H31N3O. The van der Waals surface area contributed by atoms with Crippen molar-refractivity contribution in [2.24, 2.45) is 11.7 Å². The van der Waals surface area contributed by atoms with E-state index in [0.717, 1.165) is 45.8 Å². The van der Waals surface area contributed by atoms with E-state index in [0.29, 0.717) is 5.92 Å². The van der Waals surface area contributed by atoms with Crippen molar-refractivity contribution in [2.75, 3.05) is 53.5 Å². The van der Waals surface area contributed by atoms with Gasteiger partial charge in [0.25, 0.3) is 0 Å². The molecule has 2 N–H and O–H groups in total. The second kappa shape index (κ2) is 7.43. The maximum Gasteiger partial charge on any atom is 0.0513 e. The molecule has 0 aromatic heterocycles. The van der Waals surface area contributed by atoms with Crippen molar-refractivity contribution < 1.29 is 4.74 Å². The average Bonchev–Trinajstić information content (AvgIpc) is 2.87. The molecule has 0 aromatic rings. The topological polar surface area (TPSA) is 41.7 Å². The molecule has 1 heterocycles. The summed E-state index contributed by atoms with van der Waals surface area (Å²) in [5, 5.41) is 0. The summed E-state index contributed by atoms with van der Waals surface area (Å²) in [6, 6.07) is 0. The average molecular weight is 257 g/mol. The number of ether oxygens (including phenoxy) is 1. The summed E-state index contributed by atoms with van der Waals surface area (Å²) in [6.07, 6.45) is 2.35. The van der Waals surface area contributed by atoms with Gasteiger partial charge in [0.2, 0.25) is 0 Å². The first-order valence-corrected chi connectivity index (χ1v) is 7.22. The van der Waals surface area contributed by atoms with Crippen LogP contribution >= 0.6 is 0 Å². The summed E-state index contributed by atoms with van der Waals surface area (Å²) in [6.45, 7) is 10.4. The molecule has 1 aliphatic rings. The lowest BCUT2D eigenvalue weighted by Crippen LogP contribution is -2.57. The molecule has 0 bridgehead atoms. The normalized spacial score (nSPS) is 23.8. The molecule has 4 nitrogen and oxygen atoms in total. The van der Waals surface area contributed by atoms with Crippen LogP contribution in [0, 0.1) is 5.92 Å². The zero-order valence-electron chi connectivity index (χ0n) is 12.6. The number of likely N-dealkylation sites (N-methyl/N-ethyl adjacent to an activating group) is 1. The van der Waals surface area contributed by atoms with Crippen LogP contribution in [-0.4, -0.2) is 68.8 Å². The van der Waals surface area contributed by atoms with Crippen molar-refractivity contribution in [3.05, 3.63) is 0 Å². The van der Waals surface area contributed by atoms with Crippen molar-refractivity contribution >= 4 is 0 Å². The van der Waals surface area contributed by atoms with E-state index in [1.807, 2.05) is 0 Å². The fraction of sp³-hybridized carbons (Fsp3) is 1.00. The zero-order valence-corrected chi connectivity index (χ0v) is 12.6. The Bertz CT molecular complexity index is 229. The third-order valence-electron chi connectivity index (χ3n) is 4.36. The molecule has 1 saturated heterocycles. The lowest BCUT2D eigenvalue weighted by molar-refractivity contribution is 0.0469. The Labute approximate surface area is 112 Å². The summed E-state index contributed by atoms with van der Waals surface area (Å²) in [5.41, 5.74) is 6.18. The highest BCUT2D eigenvalue weighted by molar-refractivity contribution is 4.95. The number of nitrogens with zero attached hydrogens (tertiary/aromatic N) is 2. The van der Waals surface area contributed by atoms with E-state index in [2.05, 4.69) is 37.7 Å².